The van der Waals surface area contributed by atoms with Gasteiger partial charge in [-0.15, -0.1) is 0 Å². The van der Waals surface area contributed by atoms with E-state index < -0.39 is 12.4 Å². The van der Waals surface area contributed by atoms with Crippen LogP contribution in [-0.2, 0) is 28.5 Å². The fourth-order valence-electron chi connectivity index (χ4n) is 6.27. The van der Waals surface area contributed by atoms with Crippen LogP contribution in [0.15, 0.2) is 0 Å². The number of carbonyl (C=O) groups is 1. The summed E-state index contributed by atoms with van der Waals surface area (Å²) in [5.74, 6) is 1.70. The zero-order chi connectivity index (χ0) is 25.3. The minimum atomic E-state index is -0.666. The average molecular weight is 483 g/mol. The summed E-state index contributed by atoms with van der Waals surface area (Å²) in [6.45, 7) is 21.3. The van der Waals surface area contributed by atoms with Gasteiger partial charge in [0.25, 0.3) is 0 Å². The molecular weight excluding hydrogens is 432 g/mol. The summed E-state index contributed by atoms with van der Waals surface area (Å²) in [5.41, 5.74) is 0. The van der Waals surface area contributed by atoms with Gasteiger partial charge in [0.1, 0.15) is 6.10 Å². The van der Waals surface area contributed by atoms with Gasteiger partial charge in [0.2, 0.25) is 0 Å². The topological polar surface area (TPSA) is 63.2 Å². The summed E-state index contributed by atoms with van der Waals surface area (Å²) in [5, 5.41) is 0. The van der Waals surface area contributed by atoms with E-state index in [2.05, 4.69) is 62.3 Å². The van der Waals surface area contributed by atoms with Crippen molar-refractivity contribution in [2.24, 2.45) is 35.5 Å². The summed E-state index contributed by atoms with van der Waals surface area (Å²) in [6, 6.07) is 0. The lowest BCUT2D eigenvalue weighted by Crippen LogP contribution is -2.58. The molecule has 6 heteroatoms. The molecule has 0 amide bonds. The molecule has 3 fully saturated rings. The van der Waals surface area contributed by atoms with Crippen LogP contribution in [0.1, 0.15) is 88.5 Å². The van der Waals surface area contributed by atoms with Crippen molar-refractivity contribution < 1.29 is 28.5 Å². The minimum absolute atomic E-state index is 0.0251. The van der Waals surface area contributed by atoms with E-state index in [1.807, 2.05) is 0 Å². The monoisotopic (exact) mass is 482 g/mol. The van der Waals surface area contributed by atoms with E-state index in [0.29, 0.717) is 17.8 Å². The Balaban J connectivity index is 1.75. The molecule has 0 aromatic heterocycles. The van der Waals surface area contributed by atoms with Gasteiger partial charge in [0.05, 0.1) is 30.5 Å². The molecule has 3 rings (SSSR count). The van der Waals surface area contributed by atoms with Crippen LogP contribution in [0.25, 0.3) is 0 Å². The second-order valence-electron chi connectivity index (χ2n) is 11.6. The van der Waals surface area contributed by atoms with Crippen LogP contribution in [0, 0.1) is 35.5 Å². The Labute approximate surface area is 207 Å². The third kappa shape index (κ3) is 5.72. The summed E-state index contributed by atoms with van der Waals surface area (Å²) in [7, 11) is 0. The van der Waals surface area contributed by atoms with Gasteiger partial charge in [0, 0.05) is 11.8 Å². The number of hydrogen-bond acceptors (Lipinski definition) is 6. The van der Waals surface area contributed by atoms with Gasteiger partial charge in [-0.2, -0.15) is 0 Å². The maximum absolute atomic E-state index is 12.8. The predicted molar refractivity (Wildman–Crippen MR) is 132 cm³/mol. The highest BCUT2D eigenvalue weighted by Crippen LogP contribution is 2.41. The Bertz CT molecular complexity index is 667. The third-order valence-corrected chi connectivity index (χ3v) is 9.17. The minimum Gasteiger partial charge on any atom is -0.373 e. The summed E-state index contributed by atoms with van der Waals surface area (Å²) < 4.78 is 32.2. The maximum atomic E-state index is 12.8. The van der Waals surface area contributed by atoms with Gasteiger partial charge < -0.3 is 23.7 Å². The molecule has 3 aliphatic heterocycles. The highest BCUT2D eigenvalue weighted by Gasteiger charge is 2.49. The first-order chi connectivity index (χ1) is 16.0. The molecule has 3 saturated heterocycles. The molecule has 34 heavy (non-hydrogen) atoms. The van der Waals surface area contributed by atoms with Gasteiger partial charge in [-0.1, -0.05) is 55.4 Å². The Kier molecular flexibility index (Phi) is 9.64. The van der Waals surface area contributed by atoms with Crippen molar-refractivity contribution in [1.82, 2.24) is 0 Å². The summed E-state index contributed by atoms with van der Waals surface area (Å²) in [6.07, 6.45) is 1.39. The SMILES string of the molecule is CCC1O[C@H](O[C@@H]2C(C(C)=O)O[C@@H](O[C@H]3C(CC)OC(C)C[C@@H]3C)C(C)[C@H]2C)C(C)[C@@H](C)[C@@H]1C. The lowest BCUT2D eigenvalue weighted by Gasteiger charge is -2.49. The Morgan fingerprint density at radius 2 is 1.26 bits per heavy atom. The fraction of sp³-hybridized carbons (Fsp3) is 0.964. The summed E-state index contributed by atoms with van der Waals surface area (Å²) >= 11 is 0. The van der Waals surface area contributed by atoms with E-state index in [0.717, 1.165) is 19.3 Å². The van der Waals surface area contributed by atoms with Crippen LogP contribution in [0.2, 0.25) is 0 Å². The summed E-state index contributed by atoms with van der Waals surface area (Å²) in [4.78, 5) is 12.8. The van der Waals surface area contributed by atoms with Gasteiger partial charge in [-0.25, -0.2) is 0 Å². The Hall–Kier alpha value is -0.530. The van der Waals surface area contributed by atoms with Crippen LogP contribution < -0.4 is 0 Å². The van der Waals surface area contributed by atoms with Crippen molar-refractivity contribution in [3.63, 3.8) is 0 Å². The van der Waals surface area contributed by atoms with E-state index in [1.165, 1.54) is 0 Å². The van der Waals surface area contributed by atoms with Crippen LogP contribution >= 0.6 is 0 Å². The van der Waals surface area contributed by atoms with E-state index in [-0.39, 0.29) is 60.3 Å². The number of Topliss-reactive ketones (excluding diaryl/α,β-unsaturated/α-hetero) is 1. The maximum Gasteiger partial charge on any atom is 0.162 e. The second kappa shape index (κ2) is 11.7. The normalized spacial score (nSPS) is 50.2. The molecule has 0 N–H and O–H groups in total. The number of rotatable bonds is 7. The Morgan fingerprint density at radius 1 is 0.706 bits per heavy atom. The van der Waals surface area contributed by atoms with Crippen molar-refractivity contribution in [1.29, 1.82) is 0 Å². The molecule has 6 unspecified atom stereocenters. The number of carbonyl (C=O) groups excluding carboxylic acids is 1. The second-order valence-corrected chi connectivity index (χ2v) is 11.6. The zero-order valence-electron chi connectivity index (χ0n) is 23.2. The molecule has 0 spiro atoms. The lowest BCUT2D eigenvalue weighted by molar-refractivity contribution is -0.331. The average Bonchev–Trinajstić information content (AvgIpc) is 2.79. The third-order valence-electron chi connectivity index (χ3n) is 9.17. The van der Waals surface area contributed by atoms with Crippen molar-refractivity contribution in [2.75, 3.05) is 0 Å². The first-order valence-electron chi connectivity index (χ1n) is 13.8. The molecule has 0 saturated carbocycles. The van der Waals surface area contributed by atoms with Crippen LogP contribution in [-0.4, -0.2) is 55.0 Å². The molecule has 0 aliphatic carbocycles. The molecular formula is C28H50O6. The molecule has 198 valence electrons. The highest BCUT2D eigenvalue weighted by molar-refractivity contribution is 5.81. The first kappa shape index (κ1) is 28.0. The first-order valence-corrected chi connectivity index (χ1v) is 13.8. The van der Waals surface area contributed by atoms with E-state index >= 15 is 0 Å². The number of ether oxygens (including phenoxy) is 5. The van der Waals surface area contributed by atoms with Gasteiger partial charge >= 0.3 is 0 Å². The van der Waals surface area contributed by atoms with Crippen molar-refractivity contribution in [3.05, 3.63) is 0 Å². The molecule has 14 atom stereocenters. The van der Waals surface area contributed by atoms with Crippen molar-refractivity contribution in [3.8, 4) is 0 Å². The number of ketones is 1. The lowest BCUT2D eigenvalue weighted by atomic mass is 9.78. The molecule has 6 nitrogen and oxygen atoms in total. The molecule has 0 bridgehead atoms. The largest absolute Gasteiger partial charge is 0.373 e. The van der Waals surface area contributed by atoms with Crippen LogP contribution in [0.3, 0.4) is 0 Å². The van der Waals surface area contributed by atoms with Gasteiger partial charge in [0.15, 0.2) is 18.4 Å². The molecule has 0 radical (unpaired) electrons. The molecule has 3 aliphatic rings. The molecule has 3 heterocycles. The van der Waals surface area contributed by atoms with Crippen LogP contribution in [0.5, 0.6) is 0 Å². The predicted octanol–water partition coefficient (Wildman–Crippen LogP) is 5.61. The van der Waals surface area contributed by atoms with Gasteiger partial charge in [-0.3, -0.25) is 4.79 Å². The Morgan fingerprint density at radius 3 is 1.85 bits per heavy atom. The quantitative estimate of drug-likeness (QED) is 0.470. The van der Waals surface area contributed by atoms with E-state index in [4.69, 9.17) is 23.7 Å². The van der Waals surface area contributed by atoms with Crippen molar-refractivity contribution >= 4 is 5.78 Å². The number of hydrogen-bond donors (Lipinski definition) is 0. The molecule has 0 aromatic rings. The zero-order valence-corrected chi connectivity index (χ0v) is 23.2. The molecule has 0 aromatic carbocycles. The van der Waals surface area contributed by atoms with Crippen molar-refractivity contribution in [2.45, 2.75) is 138 Å². The standard InChI is InChI=1S/C28H50O6/c1-11-22-17(6)16(5)19(8)27(31-22)33-25-18(7)20(9)28(34-26(25)21(10)29)32-24-14(3)13-15(4)30-23(24)12-2/h14-20,22-28H,11-13H2,1-10H3/t14-,15?,16-,17-,18+,19?,20?,22?,23?,24+,25-,26?,27+,28+/m0/s1. The van der Waals surface area contributed by atoms with Crippen LogP contribution in [0.4, 0.5) is 0 Å². The highest BCUT2D eigenvalue weighted by atomic mass is 16.7. The van der Waals surface area contributed by atoms with E-state index in [9.17, 15) is 4.79 Å². The smallest absolute Gasteiger partial charge is 0.162 e. The van der Waals surface area contributed by atoms with E-state index in [1.54, 1.807) is 6.92 Å². The van der Waals surface area contributed by atoms with Gasteiger partial charge in [-0.05, 0) is 56.8 Å². The fourth-order valence-corrected chi connectivity index (χ4v) is 6.27.